The second-order valence-corrected chi connectivity index (χ2v) is 10.8. The number of anilines is 2. The predicted octanol–water partition coefficient (Wildman–Crippen LogP) is 6.80. The number of nitrogens with zero attached hydrogens (tertiary/aromatic N) is 2. The Labute approximate surface area is 246 Å². The van der Waals surface area contributed by atoms with Crippen LogP contribution in [0, 0.1) is 6.92 Å². The normalized spacial score (nSPS) is 11.5. The fourth-order valence-electron chi connectivity index (χ4n) is 4.73. The molecule has 0 aliphatic rings. The Bertz CT molecular complexity index is 1490. The summed E-state index contributed by atoms with van der Waals surface area (Å²) in [7, 11) is 4.45. The monoisotopic (exact) mass is 572 g/mol. The molecule has 1 unspecified atom stereocenters. The molecule has 214 valence electrons. The summed E-state index contributed by atoms with van der Waals surface area (Å²) < 4.78 is 17.3. The number of carbonyl (C=O) groups is 2. The molecule has 41 heavy (non-hydrogen) atoms. The number of ether oxygens (including phenoxy) is 3. The first-order valence-electron chi connectivity index (χ1n) is 13.4. The molecule has 0 aliphatic heterocycles. The number of aryl methyl sites for hydroxylation is 1. The maximum absolute atomic E-state index is 12.5. The van der Waals surface area contributed by atoms with Gasteiger partial charge in [-0.25, -0.2) is 0 Å². The SMILES string of the molecule is COC(=O)CC(C)N(Cc1ccccc1C)c1ccc(N(CC(=O)OC)Sc2ccc(OC)cc2)c2ccccc12. The van der Waals surface area contributed by atoms with Gasteiger partial charge in [-0.2, -0.15) is 0 Å². The molecule has 7 nitrogen and oxygen atoms in total. The lowest BCUT2D eigenvalue weighted by molar-refractivity contribution is -0.141. The number of esters is 2. The average molecular weight is 573 g/mol. The first-order chi connectivity index (χ1) is 19.8. The summed E-state index contributed by atoms with van der Waals surface area (Å²) in [5.41, 5.74) is 4.24. The van der Waals surface area contributed by atoms with E-state index in [-0.39, 0.29) is 30.9 Å². The van der Waals surface area contributed by atoms with Crippen molar-refractivity contribution in [3.05, 3.63) is 96.1 Å². The molecule has 4 rings (SSSR count). The maximum atomic E-state index is 12.5. The maximum Gasteiger partial charge on any atom is 0.326 e. The highest BCUT2D eigenvalue weighted by molar-refractivity contribution is 8.00. The molecule has 4 aromatic rings. The van der Waals surface area contributed by atoms with Crippen LogP contribution in [0.25, 0.3) is 10.8 Å². The number of rotatable bonds is 12. The molecule has 0 heterocycles. The Morgan fingerprint density at radius 2 is 1.39 bits per heavy atom. The van der Waals surface area contributed by atoms with Crippen LogP contribution < -0.4 is 13.9 Å². The number of carbonyl (C=O) groups excluding carboxylic acids is 2. The van der Waals surface area contributed by atoms with Crippen LogP contribution in [0.2, 0.25) is 0 Å². The van der Waals surface area contributed by atoms with Crippen LogP contribution in [0.15, 0.2) is 89.8 Å². The second-order valence-electron chi connectivity index (χ2n) is 9.71. The van der Waals surface area contributed by atoms with Crippen LogP contribution in [-0.4, -0.2) is 45.9 Å². The Balaban J connectivity index is 1.80. The lowest BCUT2D eigenvalue weighted by Gasteiger charge is -2.33. The lowest BCUT2D eigenvalue weighted by Crippen LogP contribution is -2.35. The van der Waals surface area contributed by atoms with Gasteiger partial charge in [0.1, 0.15) is 12.3 Å². The summed E-state index contributed by atoms with van der Waals surface area (Å²) in [5, 5.41) is 2.00. The van der Waals surface area contributed by atoms with Crippen LogP contribution in [0.5, 0.6) is 5.75 Å². The van der Waals surface area contributed by atoms with Crippen LogP contribution >= 0.6 is 11.9 Å². The van der Waals surface area contributed by atoms with E-state index >= 15 is 0 Å². The van der Waals surface area contributed by atoms with Crippen molar-refractivity contribution in [2.45, 2.75) is 37.8 Å². The molecule has 0 aromatic heterocycles. The largest absolute Gasteiger partial charge is 0.497 e. The minimum absolute atomic E-state index is 0.0577. The molecule has 0 bridgehead atoms. The fraction of sp³-hybridized carbons (Fsp3) is 0.273. The minimum atomic E-state index is -0.341. The molecule has 0 amide bonds. The third kappa shape index (κ3) is 7.32. The van der Waals surface area contributed by atoms with Crippen LogP contribution in [0.4, 0.5) is 11.4 Å². The van der Waals surface area contributed by atoms with Gasteiger partial charge < -0.3 is 23.4 Å². The molecule has 0 aliphatic carbocycles. The Morgan fingerprint density at radius 3 is 2.02 bits per heavy atom. The van der Waals surface area contributed by atoms with E-state index in [0.29, 0.717) is 6.54 Å². The predicted molar refractivity (Wildman–Crippen MR) is 166 cm³/mol. The number of benzene rings is 4. The van der Waals surface area contributed by atoms with E-state index in [1.54, 1.807) is 7.11 Å². The summed E-state index contributed by atoms with van der Waals surface area (Å²) in [6.07, 6.45) is 0.250. The zero-order valence-corrected chi connectivity index (χ0v) is 24.9. The molecule has 0 saturated heterocycles. The topological polar surface area (TPSA) is 68.3 Å². The van der Waals surface area contributed by atoms with E-state index in [2.05, 4.69) is 42.2 Å². The van der Waals surface area contributed by atoms with Gasteiger partial charge in [-0.15, -0.1) is 0 Å². The van der Waals surface area contributed by atoms with E-state index < -0.39 is 0 Å². The summed E-state index contributed by atoms with van der Waals surface area (Å²) in [4.78, 5) is 28.0. The fourth-order valence-corrected chi connectivity index (χ4v) is 5.67. The molecule has 0 fully saturated rings. The number of hydrogen-bond donors (Lipinski definition) is 0. The molecular formula is C33H36N2O5S. The summed E-state index contributed by atoms with van der Waals surface area (Å²) in [6, 6.07) is 28.1. The molecule has 0 spiro atoms. The number of methoxy groups -OCH3 is 3. The van der Waals surface area contributed by atoms with E-state index in [4.69, 9.17) is 14.2 Å². The summed E-state index contributed by atoms with van der Waals surface area (Å²) in [6.45, 7) is 4.82. The minimum Gasteiger partial charge on any atom is -0.497 e. The average Bonchev–Trinajstić information content (AvgIpc) is 3.00. The molecule has 0 radical (unpaired) electrons. The van der Waals surface area contributed by atoms with Crippen LogP contribution in [0.3, 0.4) is 0 Å². The van der Waals surface area contributed by atoms with Crippen molar-refractivity contribution in [1.29, 1.82) is 0 Å². The second kappa shape index (κ2) is 13.9. The Hall–Kier alpha value is -4.17. The first-order valence-corrected chi connectivity index (χ1v) is 14.2. The first kappa shape index (κ1) is 29.8. The van der Waals surface area contributed by atoms with Gasteiger partial charge in [0.15, 0.2) is 0 Å². The third-order valence-corrected chi connectivity index (χ3v) is 8.08. The van der Waals surface area contributed by atoms with Gasteiger partial charge in [0.25, 0.3) is 0 Å². The van der Waals surface area contributed by atoms with Crippen molar-refractivity contribution in [1.82, 2.24) is 0 Å². The highest BCUT2D eigenvalue weighted by Crippen LogP contribution is 2.40. The molecule has 1 atom stereocenters. The number of fused-ring (bicyclic) bond motifs is 1. The zero-order chi connectivity index (χ0) is 29.4. The van der Waals surface area contributed by atoms with E-state index in [1.807, 2.05) is 65.8 Å². The van der Waals surface area contributed by atoms with Gasteiger partial charge in [0.2, 0.25) is 0 Å². The lowest BCUT2D eigenvalue weighted by atomic mass is 10.0. The van der Waals surface area contributed by atoms with Crippen molar-refractivity contribution >= 4 is 46.0 Å². The standard InChI is InChI=1S/C33H36N2O5S/c1-23-10-6-7-11-25(23)21-34(24(2)20-32(36)39-4)30-18-19-31(29-13-9-8-12-28(29)30)35(22-33(37)40-5)41-27-16-14-26(38-3)15-17-27/h6-19,24H,20-22H2,1-5H3. The van der Waals surface area contributed by atoms with Crippen molar-refractivity contribution in [3.8, 4) is 5.75 Å². The van der Waals surface area contributed by atoms with Gasteiger partial charge in [0, 0.05) is 33.9 Å². The molecular weight excluding hydrogens is 536 g/mol. The van der Waals surface area contributed by atoms with Gasteiger partial charge >= 0.3 is 11.9 Å². The molecule has 0 N–H and O–H groups in total. The van der Waals surface area contributed by atoms with Gasteiger partial charge in [-0.3, -0.25) is 9.59 Å². The number of hydrogen-bond acceptors (Lipinski definition) is 8. The molecule has 8 heteroatoms. The van der Waals surface area contributed by atoms with Crippen molar-refractivity contribution in [2.75, 3.05) is 37.1 Å². The summed E-state index contributed by atoms with van der Waals surface area (Å²) >= 11 is 1.46. The van der Waals surface area contributed by atoms with Crippen molar-refractivity contribution < 1.29 is 23.8 Å². The summed E-state index contributed by atoms with van der Waals surface area (Å²) in [5.74, 6) is 0.166. The Kier molecular flexibility index (Phi) is 10.1. The van der Waals surface area contributed by atoms with Crippen LogP contribution in [0.1, 0.15) is 24.5 Å². The van der Waals surface area contributed by atoms with Gasteiger partial charge in [-0.05, 0) is 73.3 Å². The molecule has 0 saturated carbocycles. The highest BCUT2D eigenvalue weighted by atomic mass is 32.2. The smallest absolute Gasteiger partial charge is 0.326 e. The Morgan fingerprint density at radius 1 is 0.780 bits per heavy atom. The molecule has 4 aromatic carbocycles. The quantitative estimate of drug-likeness (QED) is 0.136. The third-order valence-electron chi connectivity index (χ3n) is 7.06. The van der Waals surface area contributed by atoms with E-state index in [0.717, 1.165) is 32.8 Å². The van der Waals surface area contributed by atoms with Crippen molar-refractivity contribution in [3.63, 3.8) is 0 Å². The van der Waals surface area contributed by atoms with E-state index in [1.165, 1.54) is 37.3 Å². The zero-order valence-electron chi connectivity index (χ0n) is 24.1. The van der Waals surface area contributed by atoms with E-state index in [9.17, 15) is 9.59 Å². The van der Waals surface area contributed by atoms with Gasteiger partial charge in [-0.1, -0.05) is 48.5 Å². The van der Waals surface area contributed by atoms with Crippen molar-refractivity contribution in [2.24, 2.45) is 0 Å². The van der Waals surface area contributed by atoms with Crippen LogP contribution in [-0.2, 0) is 25.6 Å². The highest BCUT2D eigenvalue weighted by Gasteiger charge is 2.24. The van der Waals surface area contributed by atoms with Gasteiger partial charge in [0.05, 0.1) is 33.4 Å².